The number of hydrogen-bond donors (Lipinski definition) is 2. The van der Waals surface area contributed by atoms with E-state index >= 15 is 0 Å². The van der Waals surface area contributed by atoms with E-state index in [1.165, 1.54) is 4.90 Å². The number of amides is 1. The van der Waals surface area contributed by atoms with E-state index in [-0.39, 0.29) is 12.1 Å². The number of rotatable bonds is 0. The van der Waals surface area contributed by atoms with Crippen LogP contribution in [-0.2, 0) is 0 Å². The Morgan fingerprint density at radius 3 is 2.60 bits per heavy atom. The summed E-state index contributed by atoms with van der Waals surface area (Å²) < 4.78 is 0. The minimum atomic E-state index is -0.861. The molecule has 1 aliphatic heterocycles. The van der Waals surface area contributed by atoms with E-state index in [2.05, 4.69) is 0 Å². The lowest BCUT2D eigenvalue weighted by Gasteiger charge is -2.15. The lowest BCUT2D eigenvalue weighted by atomic mass is 10.2. The molecule has 4 nitrogen and oxygen atoms in total. The first-order chi connectivity index (χ1) is 4.61. The van der Waals surface area contributed by atoms with Gasteiger partial charge >= 0.3 is 6.09 Å². The normalized spacial score (nSPS) is 32.8. The Labute approximate surface area is 59.6 Å². The Morgan fingerprint density at radius 1 is 1.80 bits per heavy atom. The maximum absolute atomic E-state index is 10.4. The number of hydrogen-bond acceptors (Lipinski definition) is 2. The van der Waals surface area contributed by atoms with Crippen LogP contribution >= 0.6 is 0 Å². The third kappa shape index (κ3) is 1.21. The molecule has 0 aromatic heterocycles. The minimum absolute atomic E-state index is 0.0334. The molecule has 1 fully saturated rings. The number of likely N-dealkylation sites (tertiary alicyclic amines) is 1. The van der Waals surface area contributed by atoms with E-state index in [9.17, 15) is 4.79 Å². The van der Waals surface area contributed by atoms with Crippen molar-refractivity contribution >= 4 is 6.09 Å². The quantitative estimate of drug-likeness (QED) is 0.506. The van der Waals surface area contributed by atoms with Gasteiger partial charge < -0.3 is 15.7 Å². The lowest BCUT2D eigenvalue weighted by Crippen LogP contribution is -2.33. The number of nitrogens with zero attached hydrogens (tertiary/aromatic N) is 1. The molecule has 3 N–H and O–H groups in total. The van der Waals surface area contributed by atoms with Crippen LogP contribution in [0.3, 0.4) is 0 Å². The molecule has 1 rings (SSSR count). The van der Waals surface area contributed by atoms with Crippen molar-refractivity contribution in [2.75, 3.05) is 6.54 Å². The molecule has 0 spiro atoms. The first-order valence-corrected chi connectivity index (χ1v) is 3.36. The van der Waals surface area contributed by atoms with Crippen LogP contribution in [0.15, 0.2) is 0 Å². The Bertz CT molecular complexity index is 149. The fourth-order valence-corrected chi connectivity index (χ4v) is 1.34. The summed E-state index contributed by atoms with van der Waals surface area (Å²) in [5.74, 6) is 0. The minimum Gasteiger partial charge on any atom is -0.465 e. The van der Waals surface area contributed by atoms with E-state index in [1.54, 1.807) is 0 Å². The van der Waals surface area contributed by atoms with Crippen molar-refractivity contribution in [3.05, 3.63) is 0 Å². The second-order valence-electron chi connectivity index (χ2n) is 2.78. The predicted molar refractivity (Wildman–Crippen MR) is 36.8 cm³/mol. The van der Waals surface area contributed by atoms with Crippen molar-refractivity contribution < 1.29 is 9.90 Å². The van der Waals surface area contributed by atoms with Crippen molar-refractivity contribution in [3.8, 4) is 0 Å². The third-order valence-corrected chi connectivity index (χ3v) is 1.85. The van der Waals surface area contributed by atoms with Crippen LogP contribution in [0.25, 0.3) is 0 Å². The first kappa shape index (κ1) is 7.34. The van der Waals surface area contributed by atoms with Gasteiger partial charge in [0.05, 0.1) is 0 Å². The summed E-state index contributed by atoms with van der Waals surface area (Å²) in [4.78, 5) is 11.8. The molecular formula is C6H12N2O2. The highest BCUT2D eigenvalue weighted by molar-refractivity contribution is 5.65. The SMILES string of the molecule is C[C@H]1C[C@H](N)CN1C(=O)O. The summed E-state index contributed by atoms with van der Waals surface area (Å²) in [6.45, 7) is 2.36. The van der Waals surface area contributed by atoms with Gasteiger partial charge in [-0.15, -0.1) is 0 Å². The van der Waals surface area contributed by atoms with E-state index in [0.717, 1.165) is 6.42 Å². The maximum Gasteiger partial charge on any atom is 0.407 e. The van der Waals surface area contributed by atoms with Gasteiger partial charge in [0.25, 0.3) is 0 Å². The molecule has 0 aromatic carbocycles. The lowest BCUT2D eigenvalue weighted by molar-refractivity contribution is 0.143. The van der Waals surface area contributed by atoms with Gasteiger partial charge in [0.2, 0.25) is 0 Å². The topological polar surface area (TPSA) is 66.6 Å². The van der Waals surface area contributed by atoms with Crippen molar-refractivity contribution in [2.24, 2.45) is 5.73 Å². The molecule has 1 amide bonds. The Hall–Kier alpha value is -0.770. The summed E-state index contributed by atoms with van der Waals surface area (Å²) in [5.41, 5.74) is 5.55. The highest BCUT2D eigenvalue weighted by atomic mass is 16.4. The molecule has 0 aromatic rings. The van der Waals surface area contributed by atoms with E-state index in [0.29, 0.717) is 6.54 Å². The van der Waals surface area contributed by atoms with Gasteiger partial charge in [0.15, 0.2) is 0 Å². The Morgan fingerprint density at radius 2 is 2.40 bits per heavy atom. The molecule has 58 valence electrons. The number of carboxylic acid groups (broad SMARTS) is 1. The zero-order valence-electron chi connectivity index (χ0n) is 5.95. The number of nitrogens with two attached hydrogens (primary N) is 1. The molecule has 4 heteroatoms. The predicted octanol–water partition coefficient (Wildman–Crippen LogP) is 0.0859. The number of carbonyl (C=O) groups is 1. The van der Waals surface area contributed by atoms with E-state index in [4.69, 9.17) is 10.8 Å². The molecule has 0 unspecified atom stereocenters. The monoisotopic (exact) mass is 144 g/mol. The molecule has 0 radical (unpaired) electrons. The average Bonchev–Trinajstić information content (AvgIpc) is 2.10. The molecule has 0 saturated carbocycles. The fraction of sp³-hybridized carbons (Fsp3) is 0.833. The van der Waals surface area contributed by atoms with Crippen molar-refractivity contribution in [1.82, 2.24) is 4.90 Å². The molecule has 1 heterocycles. The zero-order chi connectivity index (χ0) is 7.72. The van der Waals surface area contributed by atoms with Gasteiger partial charge in [-0.3, -0.25) is 0 Å². The van der Waals surface area contributed by atoms with Gasteiger partial charge in [-0.05, 0) is 13.3 Å². The van der Waals surface area contributed by atoms with Gasteiger partial charge in [-0.25, -0.2) is 4.79 Å². The molecule has 1 saturated heterocycles. The first-order valence-electron chi connectivity index (χ1n) is 3.36. The second kappa shape index (κ2) is 2.46. The van der Waals surface area contributed by atoms with Crippen LogP contribution in [-0.4, -0.2) is 34.7 Å². The molecule has 10 heavy (non-hydrogen) atoms. The molecule has 1 aliphatic rings. The summed E-state index contributed by atoms with van der Waals surface area (Å²) in [6.07, 6.45) is -0.0767. The largest absolute Gasteiger partial charge is 0.465 e. The van der Waals surface area contributed by atoms with Crippen molar-refractivity contribution in [3.63, 3.8) is 0 Å². The fourth-order valence-electron chi connectivity index (χ4n) is 1.34. The summed E-state index contributed by atoms with van der Waals surface area (Å²) in [6, 6.07) is 0.124. The van der Waals surface area contributed by atoms with Crippen LogP contribution in [0.1, 0.15) is 13.3 Å². The smallest absolute Gasteiger partial charge is 0.407 e. The Balaban J connectivity index is 2.54. The zero-order valence-corrected chi connectivity index (χ0v) is 5.95. The Kier molecular flexibility index (Phi) is 1.80. The van der Waals surface area contributed by atoms with Crippen molar-refractivity contribution in [1.29, 1.82) is 0 Å². The summed E-state index contributed by atoms with van der Waals surface area (Å²) in [7, 11) is 0. The van der Waals surface area contributed by atoms with Crippen LogP contribution in [0, 0.1) is 0 Å². The van der Waals surface area contributed by atoms with Gasteiger partial charge in [0.1, 0.15) is 0 Å². The summed E-state index contributed by atoms with van der Waals surface area (Å²) >= 11 is 0. The van der Waals surface area contributed by atoms with E-state index in [1.807, 2.05) is 6.92 Å². The van der Waals surface area contributed by atoms with Crippen LogP contribution < -0.4 is 5.73 Å². The van der Waals surface area contributed by atoms with Crippen LogP contribution in [0.4, 0.5) is 4.79 Å². The van der Waals surface area contributed by atoms with Crippen molar-refractivity contribution in [2.45, 2.75) is 25.4 Å². The maximum atomic E-state index is 10.4. The average molecular weight is 144 g/mol. The standard InChI is InChI=1S/C6H12N2O2/c1-4-2-5(7)3-8(4)6(9)10/h4-5H,2-3,7H2,1H3,(H,9,10)/t4-,5-/m0/s1. The van der Waals surface area contributed by atoms with E-state index < -0.39 is 6.09 Å². The molecule has 0 bridgehead atoms. The molecule has 2 atom stereocenters. The van der Waals surface area contributed by atoms with Gasteiger partial charge in [-0.1, -0.05) is 0 Å². The second-order valence-corrected chi connectivity index (χ2v) is 2.78. The van der Waals surface area contributed by atoms with Gasteiger partial charge in [0, 0.05) is 18.6 Å². The third-order valence-electron chi connectivity index (χ3n) is 1.85. The molecule has 0 aliphatic carbocycles. The summed E-state index contributed by atoms with van der Waals surface area (Å²) in [5, 5.41) is 8.57. The highest BCUT2D eigenvalue weighted by Crippen LogP contribution is 2.14. The molecular weight excluding hydrogens is 132 g/mol. The highest BCUT2D eigenvalue weighted by Gasteiger charge is 2.29. The van der Waals surface area contributed by atoms with Crippen LogP contribution in [0.5, 0.6) is 0 Å². The van der Waals surface area contributed by atoms with Crippen LogP contribution in [0.2, 0.25) is 0 Å². The van der Waals surface area contributed by atoms with Gasteiger partial charge in [-0.2, -0.15) is 0 Å².